The molecule has 1 aliphatic heterocycles. The Morgan fingerprint density at radius 2 is 2.27 bits per heavy atom. The summed E-state index contributed by atoms with van der Waals surface area (Å²) in [5.41, 5.74) is 1.13. The van der Waals surface area contributed by atoms with E-state index in [1.54, 1.807) is 12.1 Å². The monoisotopic (exact) mass is 203 g/mol. The summed E-state index contributed by atoms with van der Waals surface area (Å²) in [7, 11) is 0. The first-order chi connectivity index (χ1) is 7.33. The average molecular weight is 203 g/mol. The van der Waals surface area contributed by atoms with Gasteiger partial charge < -0.3 is 15.7 Å². The Morgan fingerprint density at radius 3 is 2.93 bits per heavy atom. The predicted molar refractivity (Wildman–Crippen MR) is 56.4 cm³/mol. The third kappa shape index (κ3) is 1.94. The van der Waals surface area contributed by atoms with Gasteiger partial charge in [0.2, 0.25) is 0 Å². The molecular weight excluding hydrogens is 190 g/mol. The summed E-state index contributed by atoms with van der Waals surface area (Å²) in [4.78, 5) is 0. The Labute approximate surface area is 88.5 Å². The second-order valence-corrected chi connectivity index (χ2v) is 3.57. The maximum absolute atomic E-state index is 9.85. The van der Waals surface area contributed by atoms with Gasteiger partial charge in [0.15, 0.2) is 0 Å². The molecule has 0 bridgehead atoms. The van der Waals surface area contributed by atoms with Gasteiger partial charge >= 0.3 is 0 Å². The molecule has 4 nitrogen and oxygen atoms in total. The molecule has 0 saturated carbocycles. The zero-order chi connectivity index (χ0) is 10.7. The Balaban J connectivity index is 2.31. The van der Waals surface area contributed by atoms with Crippen molar-refractivity contribution in [3.8, 4) is 11.8 Å². The van der Waals surface area contributed by atoms with E-state index in [1.165, 1.54) is 0 Å². The molecule has 15 heavy (non-hydrogen) atoms. The van der Waals surface area contributed by atoms with E-state index in [-0.39, 0.29) is 11.8 Å². The highest BCUT2D eigenvalue weighted by Gasteiger charge is 2.18. The van der Waals surface area contributed by atoms with Crippen LogP contribution in [0.15, 0.2) is 18.2 Å². The first-order valence-corrected chi connectivity index (χ1v) is 4.99. The van der Waals surface area contributed by atoms with Gasteiger partial charge in [0.05, 0.1) is 5.56 Å². The molecule has 0 aliphatic carbocycles. The number of aromatic hydroxyl groups is 1. The van der Waals surface area contributed by atoms with Crippen molar-refractivity contribution in [2.45, 2.75) is 6.04 Å². The van der Waals surface area contributed by atoms with Crippen LogP contribution in [0.5, 0.6) is 5.75 Å². The Hall–Kier alpha value is -1.57. The summed E-state index contributed by atoms with van der Waals surface area (Å²) in [5.74, 6) is 0.0983. The van der Waals surface area contributed by atoms with Crippen LogP contribution in [0.25, 0.3) is 0 Å². The minimum Gasteiger partial charge on any atom is -0.506 e. The van der Waals surface area contributed by atoms with E-state index < -0.39 is 0 Å². The number of para-hydroxylation sites is 1. The van der Waals surface area contributed by atoms with E-state index in [0.717, 1.165) is 25.2 Å². The molecule has 1 aromatic rings. The van der Waals surface area contributed by atoms with Gasteiger partial charge in [-0.2, -0.15) is 5.26 Å². The number of hydrogen-bond donors (Lipinski definition) is 3. The van der Waals surface area contributed by atoms with E-state index in [2.05, 4.69) is 10.6 Å². The number of rotatable bonds is 1. The number of hydrogen-bond acceptors (Lipinski definition) is 4. The fraction of sp³-hybridized carbons (Fsp3) is 0.364. The highest BCUT2D eigenvalue weighted by atomic mass is 16.3. The van der Waals surface area contributed by atoms with Crippen LogP contribution in [0.4, 0.5) is 0 Å². The third-order valence-electron chi connectivity index (χ3n) is 2.60. The lowest BCUT2D eigenvalue weighted by Crippen LogP contribution is -2.42. The minimum atomic E-state index is 0.0899. The van der Waals surface area contributed by atoms with Crippen LogP contribution in [-0.2, 0) is 0 Å². The van der Waals surface area contributed by atoms with E-state index in [9.17, 15) is 5.11 Å². The lowest BCUT2D eigenvalue weighted by atomic mass is 10.0. The van der Waals surface area contributed by atoms with Crippen molar-refractivity contribution in [1.29, 1.82) is 5.26 Å². The second-order valence-electron chi connectivity index (χ2n) is 3.57. The predicted octanol–water partition coefficient (Wildman–Crippen LogP) is 0.498. The van der Waals surface area contributed by atoms with Gasteiger partial charge in [-0.3, -0.25) is 0 Å². The quantitative estimate of drug-likeness (QED) is 0.621. The molecule has 78 valence electrons. The summed E-state index contributed by atoms with van der Waals surface area (Å²) in [6.07, 6.45) is 0. The van der Waals surface area contributed by atoms with E-state index in [0.29, 0.717) is 5.56 Å². The highest BCUT2D eigenvalue weighted by Crippen LogP contribution is 2.27. The van der Waals surface area contributed by atoms with E-state index in [1.807, 2.05) is 12.1 Å². The number of phenols is 1. The fourth-order valence-electron chi connectivity index (χ4n) is 1.81. The Morgan fingerprint density at radius 1 is 1.40 bits per heavy atom. The summed E-state index contributed by atoms with van der Waals surface area (Å²) >= 11 is 0. The number of phenolic OH excluding ortho intramolecular Hbond substituents is 1. The van der Waals surface area contributed by atoms with Gasteiger partial charge in [-0.25, -0.2) is 0 Å². The SMILES string of the molecule is N#Cc1cccc([C@H]2CNCCN2)c1O. The molecule has 1 aliphatic rings. The summed E-state index contributed by atoms with van der Waals surface area (Å²) in [5, 5.41) is 25.2. The van der Waals surface area contributed by atoms with E-state index >= 15 is 0 Å². The van der Waals surface area contributed by atoms with Crippen molar-refractivity contribution in [2.75, 3.05) is 19.6 Å². The van der Waals surface area contributed by atoms with Crippen molar-refractivity contribution in [3.05, 3.63) is 29.3 Å². The second kappa shape index (κ2) is 4.30. The standard InChI is InChI=1S/C11H13N3O/c12-6-8-2-1-3-9(11(8)15)10-7-13-4-5-14-10/h1-3,10,13-15H,4-5,7H2/t10-/m1/s1. The Kier molecular flexibility index (Phi) is 2.86. The molecule has 1 saturated heterocycles. The van der Waals surface area contributed by atoms with Crippen LogP contribution < -0.4 is 10.6 Å². The van der Waals surface area contributed by atoms with Crippen LogP contribution >= 0.6 is 0 Å². The zero-order valence-electron chi connectivity index (χ0n) is 8.33. The number of nitriles is 1. The molecule has 1 atom stereocenters. The highest BCUT2D eigenvalue weighted by molar-refractivity contribution is 5.48. The zero-order valence-corrected chi connectivity index (χ0v) is 8.33. The average Bonchev–Trinajstić information content (AvgIpc) is 2.30. The molecule has 3 N–H and O–H groups in total. The molecule has 4 heteroatoms. The van der Waals surface area contributed by atoms with Crippen LogP contribution in [0.3, 0.4) is 0 Å². The maximum atomic E-state index is 9.85. The van der Waals surface area contributed by atoms with Gasteiger partial charge in [0, 0.05) is 31.2 Å². The van der Waals surface area contributed by atoms with Crippen LogP contribution in [0.2, 0.25) is 0 Å². The summed E-state index contributed by atoms with van der Waals surface area (Å²) in [6, 6.07) is 7.33. The topological polar surface area (TPSA) is 68.1 Å². The molecule has 0 aromatic heterocycles. The normalized spacial score (nSPS) is 20.9. The molecule has 1 fully saturated rings. The molecule has 0 spiro atoms. The van der Waals surface area contributed by atoms with Crippen LogP contribution in [-0.4, -0.2) is 24.7 Å². The largest absolute Gasteiger partial charge is 0.506 e. The summed E-state index contributed by atoms with van der Waals surface area (Å²) in [6.45, 7) is 2.60. The minimum absolute atomic E-state index is 0.0899. The number of nitrogens with zero attached hydrogens (tertiary/aromatic N) is 1. The van der Waals surface area contributed by atoms with Gasteiger partial charge in [-0.05, 0) is 6.07 Å². The van der Waals surface area contributed by atoms with Crippen LogP contribution in [0, 0.1) is 11.3 Å². The van der Waals surface area contributed by atoms with Crippen molar-refractivity contribution in [3.63, 3.8) is 0 Å². The van der Waals surface area contributed by atoms with Gasteiger partial charge in [0.1, 0.15) is 11.8 Å². The Bertz CT molecular complexity index is 391. The summed E-state index contributed by atoms with van der Waals surface area (Å²) < 4.78 is 0. The lowest BCUT2D eigenvalue weighted by molar-refractivity contribution is 0.404. The molecule has 2 rings (SSSR count). The van der Waals surface area contributed by atoms with Crippen molar-refractivity contribution in [1.82, 2.24) is 10.6 Å². The van der Waals surface area contributed by atoms with Crippen molar-refractivity contribution < 1.29 is 5.11 Å². The number of benzene rings is 1. The molecule has 0 amide bonds. The van der Waals surface area contributed by atoms with Crippen molar-refractivity contribution in [2.24, 2.45) is 0 Å². The molecule has 0 unspecified atom stereocenters. The molecule has 0 radical (unpaired) electrons. The fourth-order valence-corrected chi connectivity index (χ4v) is 1.81. The first kappa shape index (κ1) is 9.97. The molecule has 1 heterocycles. The lowest BCUT2D eigenvalue weighted by Gasteiger charge is -2.25. The number of nitrogens with one attached hydrogen (secondary N) is 2. The van der Waals surface area contributed by atoms with Gasteiger partial charge in [-0.1, -0.05) is 12.1 Å². The van der Waals surface area contributed by atoms with Gasteiger partial charge in [0.25, 0.3) is 0 Å². The van der Waals surface area contributed by atoms with Gasteiger partial charge in [-0.15, -0.1) is 0 Å². The number of piperazine rings is 1. The molecular formula is C11H13N3O. The van der Waals surface area contributed by atoms with E-state index in [4.69, 9.17) is 5.26 Å². The van der Waals surface area contributed by atoms with Crippen molar-refractivity contribution >= 4 is 0 Å². The maximum Gasteiger partial charge on any atom is 0.138 e. The van der Waals surface area contributed by atoms with Crippen LogP contribution in [0.1, 0.15) is 17.2 Å². The first-order valence-electron chi connectivity index (χ1n) is 4.99. The molecule has 1 aromatic carbocycles. The third-order valence-corrected chi connectivity index (χ3v) is 2.60. The smallest absolute Gasteiger partial charge is 0.138 e.